The third-order valence-corrected chi connectivity index (χ3v) is 3.58. The van der Waals surface area contributed by atoms with Gasteiger partial charge in [0, 0.05) is 6.42 Å². The summed E-state index contributed by atoms with van der Waals surface area (Å²) in [6.07, 6.45) is 10.1. The van der Waals surface area contributed by atoms with Crippen molar-refractivity contribution < 1.29 is 26.6 Å². The molecule has 0 aromatic heterocycles. The molecule has 0 fully saturated rings. The standard InChI is InChI=1S/C14H28O6S.Na.H/c1-3-5-6-7-8-9-10-11-12-13-14(15)19-21(16,17)20-18-4-2;;/h3-13H2,1-2H3;;. The van der Waals surface area contributed by atoms with Crippen LogP contribution in [-0.2, 0) is 28.6 Å². The second-order valence-corrected chi connectivity index (χ2v) is 6.04. The molecule has 0 aromatic carbocycles. The molecule has 0 bridgehead atoms. The summed E-state index contributed by atoms with van der Waals surface area (Å²) in [4.78, 5) is 15.5. The van der Waals surface area contributed by atoms with E-state index in [1.165, 1.54) is 32.1 Å². The molecule has 8 heteroatoms. The van der Waals surface area contributed by atoms with Crippen LogP contribution in [0.4, 0.5) is 0 Å². The molecule has 0 aliphatic carbocycles. The molecule has 0 N–H and O–H groups in total. The van der Waals surface area contributed by atoms with E-state index < -0.39 is 16.4 Å². The van der Waals surface area contributed by atoms with Crippen LogP contribution in [0.15, 0.2) is 0 Å². The number of hydrogen-bond donors (Lipinski definition) is 0. The van der Waals surface area contributed by atoms with Crippen LogP contribution in [0.25, 0.3) is 0 Å². The summed E-state index contributed by atoms with van der Waals surface area (Å²) >= 11 is 0. The van der Waals surface area contributed by atoms with Crippen LogP contribution in [0.1, 0.15) is 78.1 Å². The fourth-order valence-corrected chi connectivity index (χ4v) is 2.41. The van der Waals surface area contributed by atoms with Crippen molar-refractivity contribution in [2.45, 2.75) is 78.1 Å². The summed E-state index contributed by atoms with van der Waals surface area (Å²) in [5, 5.41) is 0. The van der Waals surface area contributed by atoms with E-state index in [9.17, 15) is 13.2 Å². The number of unbranched alkanes of at least 4 members (excludes halogenated alkanes) is 8. The molecule has 6 nitrogen and oxygen atoms in total. The van der Waals surface area contributed by atoms with Gasteiger partial charge in [-0.05, 0) is 13.3 Å². The summed E-state index contributed by atoms with van der Waals surface area (Å²) in [5.41, 5.74) is 0. The van der Waals surface area contributed by atoms with Crippen molar-refractivity contribution in [3.8, 4) is 0 Å². The molecule has 128 valence electrons. The van der Waals surface area contributed by atoms with Crippen LogP contribution in [0, 0.1) is 0 Å². The minimum absolute atomic E-state index is 0. The number of hydrogen-bond acceptors (Lipinski definition) is 6. The van der Waals surface area contributed by atoms with Crippen molar-refractivity contribution in [2.24, 2.45) is 0 Å². The van der Waals surface area contributed by atoms with Gasteiger partial charge < -0.3 is 4.18 Å². The Hall–Kier alpha value is 0.340. The Bertz CT molecular complexity index is 358. The Labute approximate surface area is 156 Å². The summed E-state index contributed by atoms with van der Waals surface area (Å²) < 4.78 is 30.3. The predicted molar refractivity (Wildman–Crippen MR) is 86.7 cm³/mol. The second-order valence-electron chi connectivity index (χ2n) is 4.92. The first-order valence-electron chi connectivity index (χ1n) is 7.80. The SMILES string of the molecule is CCCCCCCCCCCC(=O)OS(=O)(=O)OOCC.[NaH]. The van der Waals surface area contributed by atoms with E-state index >= 15 is 0 Å². The fraction of sp³-hybridized carbons (Fsp3) is 0.929. The predicted octanol–water partition coefficient (Wildman–Crippen LogP) is 3.01. The fourth-order valence-electron chi connectivity index (χ4n) is 1.86. The molecule has 0 saturated carbocycles. The van der Waals surface area contributed by atoms with Gasteiger partial charge in [0.2, 0.25) is 0 Å². The van der Waals surface area contributed by atoms with Gasteiger partial charge >= 0.3 is 45.9 Å². The van der Waals surface area contributed by atoms with Crippen LogP contribution in [0.5, 0.6) is 0 Å². The zero-order chi connectivity index (χ0) is 16.0. The molecule has 0 aliphatic rings. The molecule has 0 spiro atoms. The first kappa shape index (κ1) is 24.6. The Morgan fingerprint density at radius 1 is 0.864 bits per heavy atom. The molecular formula is C14H29NaO6S. The quantitative estimate of drug-likeness (QED) is 0.208. The Morgan fingerprint density at radius 3 is 1.86 bits per heavy atom. The minimum atomic E-state index is -4.37. The molecule has 22 heavy (non-hydrogen) atoms. The Kier molecular flexibility index (Phi) is 18.1. The summed E-state index contributed by atoms with van der Waals surface area (Å²) in [7, 11) is -4.37. The summed E-state index contributed by atoms with van der Waals surface area (Å²) in [5.74, 6) is -0.808. The summed E-state index contributed by atoms with van der Waals surface area (Å²) in [6.45, 7) is 3.80. The molecule has 0 radical (unpaired) electrons. The van der Waals surface area contributed by atoms with Gasteiger partial charge in [-0.25, -0.2) is 4.89 Å². The Balaban J connectivity index is 0. The van der Waals surface area contributed by atoms with Crippen molar-refractivity contribution in [3.63, 3.8) is 0 Å². The zero-order valence-electron chi connectivity index (χ0n) is 13.1. The first-order chi connectivity index (χ1) is 10.0. The van der Waals surface area contributed by atoms with E-state index in [1.807, 2.05) is 0 Å². The van der Waals surface area contributed by atoms with Crippen molar-refractivity contribution in [2.75, 3.05) is 6.61 Å². The average molecular weight is 348 g/mol. The normalized spacial score (nSPS) is 11.0. The number of rotatable bonds is 14. The molecule has 0 aliphatic heterocycles. The van der Waals surface area contributed by atoms with Gasteiger partial charge in [-0.1, -0.05) is 62.6 Å². The van der Waals surface area contributed by atoms with Crippen molar-refractivity contribution >= 4 is 45.9 Å². The maximum atomic E-state index is 11.3. The molecule has 0 heterocycles. The molecular weight excluding hydrogens is 319 g/mol. The van der Waals surface area contributed by atoms with Gasteiger partial charge in [-0.15, -0.1) is 0 Å². The Morgan fingerprint density at radius 2 is 1.36 bits per heavy atom. The van der Waals surface area contributed by atoms with E-state index in [0.717, 1.165) is 19.3 Å². The van der Waals surface area contributed by atoms with Crippen LogP contribution < -0.4 is 0 Å². The number of carbonyl (C=O) groups excluding carboxylic acids is 1. The third-order valence-electron chi connectivity index (χ3n) is 2.93. The molecule has 0 atom stereocenters. The van der Waals surface area contributed by atoms with E-state index in [1.54, 1.807) is 6.92 Å². The van der Waals surface area contributed by atoms with Crippen LogP contribution in [0.3, 0.4) is 0 Å². The third kappa shape index (κ3) is 16.7. The average Bonchev–Trinajstić information content (AvgIpc) is 2.43. The van der Waals surface area contributed by atoms with Crippen molar-refractivity contribution in [3.05, 3.63) is 0 Å². The molecule has 0 rings (SSSR count). The zero-order valence-corrected chi connectivity index (χ0v) is 14.0. The van der Waals surface area contributed by atoms with Gasteiger partial charge in [0.15, 0.2) is 0 Å². The van der Waals surface area contributed by atoms with Gasteiger partial charge in [0.05, 0.1) is 6.61 Å². The molecule has 0 aromatic rings. The maximum absolute atomic E-state index is 11.3. The van der Waals surface area contributed by atoms with Gasteiger partial charge in [0.25, 0.3) is 0 Å². The first-order valence-corrected chi connectivity index (χ1v) is 9.13. The van der Waals surface area contributed by atoms with Crippen LogP contribution >= 0.6 is 0 Å². The van der Waals surface area contributed by atoms with Crippen LogP contribution in [0.2, 0.25) is 0 Å². The molecule has 0 amide bonds. The molecule has 0 saturated heterocycles. The van der Waals surface area contributed by atoms with Gasteiger partial charge in [0.1, 0.15) is 0 Å². The monoisotopic (exact) mass is 348 g/mol. The number of carbonyl (C=O) groups is 1. The van der Waals surface area contributed by atoms with E-state index in [2.05, 4.69) is 20.3 Å². The summed E-state index contributed by atoms with van der Waals surface area (Å²) in [6, 6.07) is 0. The van der Waals surface area contributed by atoms with Gasteiger partial charge in [-0.2, -0.15) is 8.42 Å². The van der Waals surface area contributed by atoms with E-state index in [0.29, 0.717) is 6.42 Å². The van der Waals surface area contributed by atoms with Crippen molar-refractivity contribution in [1.29, 1.82) is 0 Å². The van der Waals surface area contributed by atoms with Crippen molar-refractivity contribution in [1.82, 2.24) is 0 Å². The topological polar surface area (TPSA) is 78.9 Å². The van der Waals surface area contributed by atoms with Gasteiger partial charge in [-0.3, -0.25) is 4.79 Å². The molecule has 0 unspecified atom stereocenters. The van der Waals surface area contributed by atoms with E-state index in [4.69, 9.17) is 0 Å². The van der Waals surface area contributed by atoms with Crippen LogP contribution in [-0.4, -0.2) is 50.6 Å². The van der Waals surface area contributed by atoms with E-state index in [-0.39, 0.29) is 42.6 Å². The second kappa shape index (κ2) is 16.2.